The molecule has 0 radical (unpaired) electrons. The minimum atomic E-state index is -0.411. The molecule has 0 saturated carbocycles. The lowest BCUT2D eigenvalue weighted by Gasteiger charge is -2.34. The zero-order chi connectivity index (χ0) is 22.6. The van der Waals surface area contributed by atoms with Crippen molar-refractivity contribution in [2.24, 2.45) is 5.92 Å². The number of aliphatic hydroxyl groups is 1. The fourth-order valence-corrected chi connectivity index (χ4v) is 4.01. The van der Waals surface area contributed by atoms with Crippen molar-refractivity contribution in [3.8, 4) is 0 Å². The average molecular weight is 432 g/mol. The number of aliphatic hydroxyl groups excluding tert-OH is 1. The Balaban J connectivity index is 1.84. The molecule has 4 nitrogen and oxygen atoms in total. The molecule has 0 unspecified atom stereocenters. The molecule has 3 rings (SSSR count). The summed E-state index contributed by atoms with van der Waals surface area (Å²) in [5.74, 6) is -0.177. The van der Waals surface area contributed by atoms with Gasteiger partial charge in [0.15, 0.2) is 0 Å². The van der Waals surface area contributed by atoms with Gasteiger partial charge in [-0.05, 0) is 35.4 Å². The highest BCUT2D eigenvalue weighted by Crippen LogP contribution is 2.23. The lowest BCUT2D eigenvalue weighted by molar-refractivity contribution is -0.154. The van der Waals surface area contributed by atoms with Crippen LogP contribution in [-0.2, 0) is 29.2 Å². The van der Waals surface area contributed by atoms with E-state index in [-0.39, 0.29) is 25.1 Å². The third-order valence-corrected chi connectivity index (χ3v) is 5.67. The van der Waals surface area contributed by atoms with Gasteiger partial charge in [-0.25, -0.2) is 0 Å². The van der Waals surface area contributed by atoms with Gasteiger partial charge in [-0.15, -0.1) is 0 Å². The van der Waals surface area contributed by atoms with E-state index in [2.05, 4.69) is 36.1 Å². The summed E-state index contributed by atoms with van der Waals surface area (Å²) in [5.41, 5.74) is 3.28. The van der Waals surface area contributed by atoms with E-state index >= 15 is 0 Å². The predicted octanol–water partition coefficient (Wildman–Crippen LogP) is 5.21. The highest BCUT2D eigenvalue weighted by atomic mass is 16.5. The number of carbonyl (C=O) groups excluding carboxylic acids is 1. The molecular weight excluding hydrogens is 398 g/mol. The summed E-state index contributed by atoms with van der Waals surface area (Å²) in [6.45, 7) is 3.74. The molecule has 0 heterocycles. The molecule has 2 atom stereocenters. The minimum absolute atomic E-state index is 0.0397. The Kier molecular flexibility index (Phi) is 9.48. The van der Waals surface area contributed by atoms with E-state index in [1.54, 1.807) is 0 Å². The Morgan fingerprint density at radius 2 is 1.28 bits per heavy atom. The second kappa shape index (κ2) is 12.8. The normalized spacial score (nSPS) is 13.0. The third kappa shape index (κ3) is 7.33. The molecule has 0 aromatic heterocycles. The molecule has 0 aliphatic heterocycles. The van der Waals surface area contributed by atoms with Crippen molar-refractivity contribution >= 4 is 5.97 Å². The van der Waals surface area contributed by atoms with E-state index in [1.165, 1.54) is 0 Å². The topological polar surface area (TPSA) is 49.8 Å². The Bertz CT molecular complexity index is 874. The van der Waals surface area contributed by atoms with E-state index in [9.17, 15) is 9.90 Å². The van der Waals surface area contributed by atoms with E-state index in [0.717, 1.165) is 23.1 Å². The zero-order valence-electron chi connectivity index (χ0n) is 18.8. The number of rotatable bonds is 12. The molecular formula is C28H33NO3. The number of nitrogens with zero attached hydrogens (tertiary/aromatic N) is 1. The number of benzene rings is 3. The molecule has 0 bridgehead atoms. The second-order valence-electron chi connectivity index (χ2n) is 8.26. The molecule has 3 aromatic carbocycles. The Hall–Kier alpha value is -2.95. The first-order valence-corrected chi connectivity index (χ1v) is 11.3. The van der Waals surface area contributed by atoms with Crippen molar-refractivity contribution in [2.75, 3.05) is 6.61 Å². The van der Waals surface area contributed by atoms with Crippen LogP contribution < -0.4 is 0 Å². The number of ether oxygens (including phenoxy) is 1. The SMILES string of the molecule is C[C@H](CCCO)[C@H](C(=O)OCc1ccccc1)N(Cc1ccccc1)Cc1ccccc1. The van der Waals surface area contributed by atoms with Crippen LogP contribution in [0.25, 0.3) is 0 Å². The highest BCUT2D eigenvalue weighted by molar-refractivity contribution is 5.76. The van der Waals surface area contributed by atoms with Gasteiger partial charge < -0.3 is 9.84 Å². The Morgan fingerprint density at radius 3 is 1.75 bits per heavy atom. The van der Waals surface area contributed by atoms with Gasteiger partial charge in [-0.3, -0.25) is 9.69 Å². The van der Waals surface area contributed by atoms with Crippen molar-refractivity contribution in [3.05, 3.63) is 108 Å². The second-order valence-corrected chi connectivity index (χ2v) is 8.26. The average Bonchev–Trinajstić information content (AvgIpc) is 2.83. The molecule has 0 amide bonds. The maximum absolute atomic E-state index is 13.4. The summed E-state index contributed by atoms with van der Waals surface area (Å²) >= 11 is 0. The van der Waals surface area contributed by atoms with Crippen LogP contribution >= 0.6 is 0 Å². The summed E-state index contributed by atoms with van der Waals surface area (Å²) in [4.78, 5) is 15.6. The first-order chi connectivity index (χ1) is 15.7. The molecule has 0 aliphatic carbocycles. The monoisotopic (exact) mass is 431 g/mol. The van der Waals surface area contributed by atoms with Gasteiger partial charge in [-0.2, -0.15) is 0 Å². The maximum atomic E-state index is 13.4. The minimum Gasteiger partial charge on any atom is -0.460 e. The largest absolute Gasteiger partial charge is 0.460 e. The standard InChI is InChI=1S/C28H33NO3/c1-23(12-11-19-30)27(28(31)32-22-26-17-9-4-10-18-26)29(20-24-13-5-2-6-14-24)21-25-15-7-3-8-16-25/h2-10,13-18,23,27,30H,11-12,19-22H2,1H3/t23-,27-/m1/s1. The number of hydrogen-bond acceptors (Lipinski definition) is 4. The van der Waals surface area contributed by atoms with Gasteiger partial charge in [-0.1, -0.05) is 97.9 Å². The summed E-state index contributed by atoms with van der Waals surface area (Å²) in [6.07, 6.45) is 1.41. The van der Waals surface area contributed by atoms with Gasteiger partial charge in [0.1, 0.15) is 12.6 Å². The number of carbonyl (C=O) groups is 1. The highest BCUT2D eigenvalue weighted by Gasteiger charge is 2.32. The number of esters is 1. The van der Waals surface area contributed by atoms with E-state index in [1.807, 2.05) is 66.7 Å². The summed E-state index contributed by atoms with van der Waals surface area (Å²) in [7, 11) is 0. The summed E-state index contributed by atoms with van der Waals surface area (Å²) < 4.78 is 5.80. The van der Waals surface area contributed by atoms with Crippen molar-refractivity contribution in [1.29, 1.82) is 0 Å². The summed E-state index contributed by atoms with van der Waals surface area (Å²) in [6, 6.07) is 29.8. The van der Waals surface area contributed by atoms with E-state index in [4.69, 9.17) is 4.74 Å². The van der Waals surface area contributed by atoms with Crippen LogP contribution in [-0.4, -0.2) is 28.6 Å². The van der Waals surface area contributed by atoms with E-state index in [0.29, 0.717) is 19.5 Å². The molecule has 1 N–H and O–H groups in total. The fraction of sp³-hybridized carbons (Fsp3) is 0.321. The quantitative estimate of drug-likeness (QED) is 0.400. The lowest BCUT2D eigenvalue weighted by Crippen LogP contribution is -2.45. The van der Waals surface area contributed by atoms with Crippen molar-refractivity contribution in [3.63, 3.8) is 0 Å². The third-order valence-electron chi connectivity index (χ3n) is 5.67. The number of hydrogen-bond donors (Lipinski definition) is 1. The maximum Gasteiger partial charge on any atom is 0.323 e. The zero-order valence-corrected chi connectivity index (χ0v) is 18.8. The molecule has 0 fully saturated rings. The van der Waals surface area contributed by atoms with Crippen LogP contribution in [0.5, 0.6) is 0 Å². The Labute approximate surface area is 191 Å². The van der Waals surface area contributed by atoms with Crippen LogP contribution in [0.4, 0.5) is 0 Å². The molecule has 0 saturated heterocycles. The van der Waals surface area contributed by atoms with Crippen LogP contribution in [0.3, 0.4) is 0 Å². The first-order valence-electron chi connectivity index (χ1n) is 11.3. The fourth-order valence-electron chi connectivity index (χ4n) is 4.01. The van der Waals surface area contributed by atoms with Crippen molar-refractivity contribution < 1.29 is 14.6 Å². The van der Waals surface area contributed by atoms with Gasteiger partial charge in [0, 0.05) is 19.7 Å². The van der Waals surface area contributed by atoms with E-state index < -0.39 is 6.04 Å². The Morgan fingerprint density at radius 1 is 0.812 bits per heavy atom. The predicted molar refractivity (Wildman–Crippen MR) is 128 cm³/mol. The van der Waals surface area contributed by atoms with Gasteiger partial charge >= 0.3 is 5.97 Å². The molecule has 168 valence electrons. The molecule has 32 heavy (non-hydrogen) atoms. The van der Waals surface area contributed by atoms with Crippen LogP contribution in [0.2, 0.25) is 0 Å². The summed E-state index contributed by atoms with van der Waals surface area (Å²) in [5, 5.41) is 9.37. The molecule has 0 aliphatic rings. The van der Waals surface area contributed by atoms with Gasteiger partial charge in [0.05, 0.1) is 0 Å². The molecule has 3 aromatic rings. The van der Waals surface area contributed by atoms with Gasteiger partial charge in [0.25, 0.3) is 0 Å². The van der Waals surface area contributed by atoms with Gasteiger partial charge in [0.2, 0.25) is 0 Å². The van der Waals surface area contributed by atoms with Crippen LogP contribution in [0, 0.1) is 5.92 Å². The molecule has 0 spiro atoms. The van der Waals surface area contributed by atoms with Crippen LogP contribution in [0.15, 0.2) is 91.0 Å². The first kappa shape index (κ1) is 23.7. The van der Waals surface area contributed by atoms with Crippen molar-refractivity contribution in [2.45, 2.75) is 45.5 Å². The molecule has 4 heteroatoms. The van der Waals surface area contributed by atoms with Crippen LogP contribution in [0.1, 0.15) is 36.5 Å². The van der Waals surface area contributed by atoms with Crippen molar-refractivity contribution in [1.82, 2.24) is 4.90 Å². The lowest BCUT2D eigenvalue weighted by atomic mass is 9.94. The smallest absolute Gasteiger partial charge is 0.323 e.